The summed E-state index contributed by atoms with van der Waals surface area (Å²) in [5, 5.41) is 3.00. The van der Waals surface area contributed by atoms with Crippen LogP contribution in [0.4, 0.5) is 0 Å². The first kappa shape index (κ1) is 19.2. The molecule has 0 aliphatic rings. The van der Waals surface area contributed by atoms with E-state index in [4.69, 9.17) is 27.9 Å². The Morgan fingerprint density at radius 1 is 1.16 bits per heavy atom. The molecule has 2 aromatic rings. The summed E-state index contributed by atoms with van der Waals surface area (Å²) in [7, 11) is 0. The van der Waals surface area contributed by atoms with Gasteiger partial charge < -0.3 is 10.1 Å². The molecule has 0 radical (unpaired) electrons. The summed E-state index contributed by atoms with van der Waals surface area (Å²) in [4.78, 5) is 27.8. The molecule has 1 aromatic heterocycles. The number of pyridine rings is 1. The van der Waals surface area contributed by atoms with Gasteiger partial charge in [-0.1, -0.05) is 41.4 Å². The van der Waals surface area contributed by atoms with Crippen LogP contribution >= 0.6 is 23.2 Å². The Labute approximate surface area is 156 Å². The van der Waals surface area contributed by atoms with Gasteiger partial charge in [0, 0.05) is 0 Å². The average Bonchev–Trinajstić information content (AvgIpc) is 2.57. The van der Waals surface area contributed by atoms with Crippen molar-refractivity contribution in [3.63, 3.8) is 0 Å². The van der Waals surface area contributed by atoms with Crippen LogP contribution in [0.3, 0.4) is 0 Å². The van der Waals surface area contributed by atoms with Crippen LogP contribution in [0.25, 0.3) is 0 Å². The molecule has 0 saturated carbocycles. The van der Waals surface area contributed by atoms with Crippen LogP contribution in [-0.2, 0) is 9.53 Å². The molecule has 0 unspecified atom stereocenters. The van der Waals surface area contributed by atoms with Crippen molar-refractivity contribution in [1.29, 1.82) is 0 Å². The van der Waals surface area contributed by atoms with Crippen LogP contribution in [0, 0.1) is 13.8 Å². The Kier molecular flexibility index (Phi) is 6.39. The number of rotatable bonds is 5. The summed E-state index contributed by atoms with van der Waals surface area (Å²) in [5.74, 6) is -1.22. The molecule has 1 N–H and O–H groups in total. The van der Waals surface area contributed by atoms with Gasteiger partial charge in [-0.2, -0.15) is 0 Å². The monoisotopic (exact) mass is 380 g/mol. The van der Waals surface area contributed by atoms with E-state index in [1.54, 1.807) is 0 Å². The van der Waals surface area contributed by atoms with Gasteiger partial charge >= 0.3 is 5.97 Å². The Morgan fingerprint density at radius 3 is 2.56 bits per heavy atom. The lowest BCUT2D eigenvalue weighted by molar-refractivity contribution is -0.124. The summed E-state index contributed by atoms with van der Waals surface area (Å²) < 4.78 is 4.95. The minimum Gasteiger partial charge on any atom is -0.451 e. The van der Waals surface area contributed by atoms with Crippen molar-refractivity contribution in [2.24, 2.45) is 0 Å². The third-order valence-corrected chi connectivity index (χ3v) is 4.26. The number of esters is 1. The number of amides is 1. The molecule has 1 aromatic carbocycles. The first-order valence-corrected chi connectivity index (χ1v) is 8.39. The van der Waals surface area contributed by atoms with E-state index in [1.807, 2.05) is 39.0 Å². The molecule has 0 saturated heterocycles. The van der Waals surface area contributed by atoms with Gasteiger partial charge in [0.1, 0.15) is 5.15 Å². The minimum absolute atomic E-state index is 0.110. The van der Waals surface area contributed by atoms with Crippen LogP contribution in [0.5, 0.6) is 0 Å². The van der Waals surface area contributed by atoms with Crippen LogP contribution in [0.1, 0.15) is 40.1 Å². The highest BCUT2D eigenvalue weighted by Gasteiger charge is 2.17. The first-order chi connectivity index (χ1) is 11.8. The van der Waals surface area contributed by atoms with E-state index >= 15 is 0 Å². The minimum atomic E-state index is -0.804. The number of hydrogen-bond acceptors (Lipinski definition) is 4. The Morgan fingerprint density at radius 2 is 1.88 bits per heavy atom. The molecule has 0 bridgehead atoms. The number of carbonyl (C=O) groups excluding carboxylic acids is 2. The maximum Gasteiger partial charge on any atom is 0.359 e. The van der Waals surface area contributed by atoms with Crippen LogP contribution in [0.15, 0.2) is 30.3 Å². The number of nitrogens with one attached hydrogen (secondary N) is 1. The van der Waals surface area contributed by atoms with E-state index < -0.39 is 18.5 Å². The molecule has 2 rings (SSSR count). The van der Waals surface area contributed by atoms with E-state index in [1.165, 1.54) is 17.7 Å². The zero-order valence-electron chi connectivity index (χ0n) is 14.1. The number of benzene rings is 1. The van der Waals surface area contributed by atoms with Crippen molar-refractivity contribution in [2.75, 3.05) is 6.61 Å². The number of aryl methyl sites for hydroxylation is 2. The van der Waals surface area contributed by atoms with E-state index in [2.05, 4.69) is 10.3 Å². The van der Waals surface area contributed by atoms with Crippen LogP contribution in [-0.4, -0.2) is 23.5 Å². The SMILES string of the molecule is Cc1ccc([C@@H](C)NC(=O)COC(=O)c2nc(Cl)ccc2Cl)cc1C. The molecule has 0 spiro atoms. The number of hydrogen-bond donors (Lipinski definition) is 1. The average molecular weight is 381 g/mol. The predicted molar refractivity (Wildman–Crippen MR) is 97.0 cm³/mol. The zero-order chi connectivity index (χ0) is 18.6. The van der Waals surface area contributed by atoms with Crippen molar-refractivity contribution in [3.8, 4) is 0 Å². The zero-order valence-corrected chi connectivity index (χ0v) is 15.6. The summed E-state index contributed by atoms with van der Waals surface area (Å²) in [6, 6.07) is 8.66. The third-order valence-electron chi connectivity index (χ3n) is 3.75. The normalized spacial score (nSPS) is 11.7. The van der Waals surface area contributed by atoms with Gasteiger partial charge in [-0.25, -0.2) is 9.78 Å². The van der Waals surface area contributed by atoms with Gasteiger partial charge in [0.25, 0.3) is 5.91 Å². The lowest BCUT2D eigenvalue weighted by Crippen LogP contribution is -2.31. The standard InChI is InChI=1S/C18H18Cl2N2O3/c1-10-4-5-13(8-11(10)2)12(3)21-16(23)9-25-18(24)17-14(19)6-7-15(20)22-17/h4-8,12H,9H2,1-3H3,(H,21,23)/t12-/m1/s1. The fourth-order valence-electron chi connectivity index (χ4n) is 2.16. The van der Waals surface area contributed by atoms with E-state index in [9.17, 15) is 9.59 Å². The molecular formula is C18H18Cl2N2O3. The Bertz CT molecular complexity index is 809. The number of halogens is 2. The molecule has 132 valence electrons. The predicted octanol–water partition coefficient (Wildman–Crippen LogP) is 4.04. The highest BCUT2D eigenvalue weighted by Crippen LogP contribution is 2.18. The van der Waals surface area contributed by atoms with Crippen molar-refractivity contribution >= 4 is 35.1 Å². The molecule has 0 fully saturated rings. The van der Waals surface area contributed by atoms with Gasteiger partial charge in [0.05, 0.1) is 11.1 Å². The van der Waals surface area contributed by atoms with E-state index in [0.29, 0.717) is 0 Å². The highest BCUT2D eigenvalue weighted by molar-refractivity contribution is 6.34. The number of carbonyl (C=O) groups is 2. The second kappa shape index (κ2) is 8.32. The quantitative estimate of drug-likeness (QED) is 0.627. The molecular weight excluding hydrogens is 363 g/mol. The van der Waals surface area contributed by atoms with Gasteiger partial charge in [0.15, 0.2) is 12.3 Å². The van der Waals surface area contributed by atoms with Gasteiger partial charge in [-0.3, -0.25) is 4.79 Å². The molecule has 7 heteroatoms. The maximum atomic E-state index is 12.0. The van der Waals surface area contributed by atoms with Gasteiger partial charge in [-0.05, 0) is 49.6 Å². The molecule has 25 heavy (non-hydrogen) atoms. The van der Waals surface area contributed by atoms with E-state index in [-0.39, 0.29) is 21.9 Å². The molecule has 0 aliphatic heterocycles. The van der Waals surface area contributed by atoms with Crippen molar-refractivity contribution in [1.82, 2.24) is 10.3 Å². The fraction of sp³-hybridized carbons (Fsp3) is 0.278. The maximum absolute atomic E-state index is 12.0. The van der Waals surface area contributed by atoms with Gasteiger partial charge in [0.2, 0.25) is 0 Å². The number of ether oxygens (including phenoxy) is 1. The second-order valence-corrected chi connectivity index (χ2v) is 6.47. The summed E-state index contributed by atoms with van der Waals surface area (Å²) in [6.07, 6.45) is 0. The summed E-state index contributed by atoms with van der Waals surface area (Å²) in [6.45, 7) is 5.46. The van der Waals surface area contributed by atoms with Crippen molar-refractivity contribution in [3.05, 3.63) is 62.9 Å². The smallest absolute Gasteiger partial charge is 0.359 e. The second-order valence-electron chi connectivity index (χ2n) is 5.67. The summed E-state index contributed by atoms with van der Waals surface area (Å²) >= 11 is 11.6. The highest BCUT2D eigenvalue weighted by atomic mass is 35.5. The first-order valence-electron chi connectivity index (χ1n) is 7.63. The van der Waals surface area contributed by atoms with Crippen molar-refractivity contribution < 1.29 is 14.3 Å². The number of aromatic nitrogens is 1. The van der Waals surface area contributed by atoms with Crippen LogP contribution in [0.2, 0.25) is 10.2 Å². The fourth-order valence-corrected chi connectivity index (χ4v) is 2.49. The van der Waals surface area contributed by atoms with Gasteiger partial charge in [-0.15, -0.1) is 0 Å². The Hall–Kier alpha value is -2.11. The molecule has 1 heterocycles. The topological polar surface area (TPSA) is 68.3 Å². The lowest BCUT2D eigenvalue weighted by atomic mass is 10.0. The molecule has 1 atom stereocenters. The molecule has 0 aliphatic carbocycles. The Balaban J connectivity index is 1.92. The van der Waals surface area contributed by atoms with Crippen LogP contribution < -0.4 is 5.32 Å². The molecule has 5 nitrogen and oxygen atoms in total. The van der Waals surface area contributed by atoms with Crippen molar-refractivity contribution in [2.45, 2.75) is 26.8 Å². The molecule has 1 amide bonds. The summed E-state index contributed by atoms with van der Waals surface area (Å²) in [5.41, 5.74) is 3.18. The third kappa shape index (κ3) is 5.18. The lowest BCUT2D eigenvalue weighted by Gasteiger charge is -2.15. The van der Waals surface area contributed by atoms with E-state index in [0.717, 1.165) is 11.1 Å². The number of nitrogens with zero attached hydrogens (tertiary/aromatic N) is 1. The largest absolute Gasteiger partial charge is 0.451 e.